The molecular formula is C19H25NS. The predicted molar refractivity (Wildman–Crippen MR) is 95.1 cm³/mol. The minimum atomic E-state index is 0.415. The van der Waals surface area contributed by atoms with Gasteiger partial charge in [-0.3, -0.25) is 0 Å². The highest BCUT2D eigenvalue weighted by molar-refractivity contribution is 7.98. The maximum atomic E-state index is 3.45. The van der Waals surface area contributed by atoms with E-state index in [9.17, 15) is 0 Å². The molecule has 1 unspecified atom stereocenters. The first-order valence-corrected chi connectivity index (χ1v) is 8.62. The van der Waals surface area contributed by atoms with Gasteiger partial charge in [0.25, 0.3) is 0 Å². The van der Waals surface area contributed by atoms with E-state index in [1.54, 1.807) is 0 Å². The topological polar surface area (TPSA) is 12.0 Å². The zero-order chi connectivity index (χ0) is 15.2. The van der Waals surface area contributed by atoms with Crippen molar-refractivity contribution in [3.63, 3.8) is 0 Å². The van der Waals surface area contributed by atoms with Crippen molar-refractivity contribution < 1.29 is 0 Å². The highest BCUT2D eigenvalue weighted by Crippen LogP contribution is 2.23. The summed E-state index contributed by atoms with van der Waals surface area (Å²) in [7, 11) is 2.05. The third-order valence-electron chi connectivity index (χ3n) is 3.63. The lowest BCUT2D eigenvalue weighted by molar-refractivity contribution is 0.660. The highest BCUT2D eigenvalue weighted by atomic mass is 32.2. The molecule has 0 saturated carbocycles. The molecule has 0 bridgehead atoms. The van der Waals surface area contributed by atoms with Crippen LogP contribution in [-0.4, -0.2) is 12.8 Å². The molecule has 112 valence electrons. The summed E-state index contributed by atoms with van der Waals surface area (Å²) in [5, 5.41) is 3.45. The van der Waals surface area contributed by atoms with Crippen molar-refractivity contribution in [1.82, 2.24) is 5.32 Å². The Morgan fingerprint density at radius 3 is 2.29 bits per heavy atom. The number of thioether (sulfide) groups is 1. The molecular weight excluding hydrogens is 274 g/mol. The smallest absolute Gasteiger partial charge is 0.0409 e. The van der Waals surface area contributed by atoms with Gasteiger partial charge >= 0.3 is 0 Å². The average molecular weight is 299 g/mol. The summed E-state index contributed by atoms with van der Waals surface area (Å²) < 4.78 is 0. The van der Waals surface area contributed by atoms with Crippen LogP contribution < -0.4 is 5.32 Å². The number of hydrogen-bond acceptors (Lipinski definition) is 2. The summed E-state index contributed by atoms with van der Waals surface area (Å²) in [4.78, 5) is 0. The first-order chi connectivity index (χ1) is 10.1. The van der Waals surface area contributed by atoms with E-state index >= 15 is 0 Å². The Bertz CT molecular complexity index is 572. The van der Waals surface area contributed by atoms with E-state index in [0.717, 1.165) is 11.5 Å². The lowest BCUT2D eigenvalue weighted by Gasteiger charge is -2.18. The van der Waals surface area contributed by atoms with Gasteiger partial charge in [-0.05, 0) is 38.9 Å². The Kier molecular flexibility index (Phi) is 5.89. The second-order valence-electron chi connectivity index (χ2n) is 5.77. The van der Waals surface area contributed by atoms with Crippen LogP contribution in [0.3, 0.4) is 0 Å². The summed E-state index contributed by atoms with van der Waals surface area (Å²) in [6, 6.07) is 16.0. The third kappa shape index (κ3) is 4.90. The van der Waals surface area contributed by atoms with Crippen molar-refractivity contribution in [1.29, 1.82) is 0 Å². The zero-order valence-corrected chi connectivity index (χ0v) is 14.3. The van der Waals surface area contributed by atoms with E-state index in [1.165, 1.54) is 27.8 Å². The van der Waals surface area contributed by atoms with Crippen molar-refractivity contribution in [3.05, 3.63) is 70.3 Å². The van der Waals surface area contributed by atoms with Crippen molar-refractivity contribution in [2.24, 2.45) is 0 Å². The first-order valence-electron chi connectivity index (χ1n) is 7.47. The van der Waals surface area contributed by atoms with Gasteiger partial charge in [-0.15, -0.1) is 0 Å². The number of nitrogens with one attached hydrogen (secondary N) is 1. The van der Waals surface area contributed by atoms with Crippen LogP contribution in [0, 0.1) is 20.8 Å². The lowest BCUT2D eigenvalue weighted by atomic mass is 10.0. The van der Waals surface area contributed by atoms with Crippen LogP contribution in [0.2, 0.25) is 0 Å². The molecule has 2 rings (SSSR count). The van der Waals surface area contributed by atoms with Crippen LogP contribution in [0.15, 0.2) is 42.5 Å². The highest BCUT2D eigenvalue weighted by Gasteiger charge is 2.10. The average Bonchev–Trinajstić information content (AvgIpc) is 2.42. The number of benzene rings is 2. The maximum absolute atomic E-state index is 3.45. The van der Waals surface area contributed by atoms with E-state index < -0.39 is 0 Å². The standard InChI is InChI=1S/C19H25NS/c1-14-6-5-7-17(9-14)12-21-13-19(20-4)18-10-15(2)8-16(3)11-18/h5-11,19-20H,12-13H2,1-4H3. The summed E-state index contributed by atoms with van der Waals surface area (Å²) >= 11 is 1.99. The van der Waals surface area contributed by atoms with Crippen LogP contribution in [0.5, 0.6) is 0 Å². The van der Waals surface area contributed by atoms with Gasteiger partial charge in [0, 0.05) is 17.5 Å². The Hall–Kier alpha value is -1.25. The summed E-state index contributed by atoms with van der Waals surface area (Å²) in [6.07, 6.45) is 0. The molecule has 1 N–H and O–H groups in total. The molecule has 0 heterocycles. The third-order valence-corrected chi connectivity index (χ3v) is 4.74. The van der Waals surface area contributed by atoms with Gasteiger partial charge in [-0.1, -0.05) is 59.2 Å². The van der Waals surface area contributed by atoms with E-state index in [1.807, 2.05) is 11.8 Å². The Labute approximate surface area is 133 Å². The molecule has 0 fully saturated rings. The fourth-order valence-corrected chi connectivity index (χ4v) is 3.78. The molecule has 0 aliphatic heterocycles. The van der Waals surface area contributed by atoms with E-state index in [0.29, 0.717) is 6.04 Å². The Morgan fingerprint density at radius 2 is 1.67 bits per heavy atom. The predicted octanol–water partition coefficient (Wildman–Crippen LogP) is 4.81. The molecule has 1 nitrogen and oxygen atoms in total. The van der Waals surface area contributed by atoms with Crippen molar-refractivity contribution in [3.8, 4) is 0 Å². The largest absolute Gasteiger partial charge is 0.312 e. The van der Waals surface area contributed by atoms with Crippen LogP contribution >= 0.6 is 11.8 Å². The van der Waals surface area contributed by atoms with Gasteiger partial charge in [0.15, 0.2) is 0 Å². The lowest BCUT2D eigenvalue weighted by Crippen LogP contribution is -2.19. The van der Waals surface area contributed by atoms with Crippen LogP contribution in [0.25, 0.3) is 0 Å². The van der Waals surface area contributed by atoms with Crippen LogP contribution in [-0.2, 0) is 5.75 Å². The quantitative estimate of drug-likeness (QED) is 0.822. The van der Waals surface area contributed by atoms with Crippen molar-refractivity contribution in [2.45, 2.75) is 32.6 Å². The van der Waals surface area contributed by atoms with E-state index in [4.69, 9.17) is 0 Å². The molecule has 0 radical (unpaired) electrons. The number of hydrogen-bond donors (Lipinski definition) is 1. The molecule has 2 heteroatoms. The molecule has 1 atom stereocenters. The summed E-state index contributed by atoms with van der Waals surface area (Å²) in [5.74, 6) is 2.16. The second-order valence-corrected chi connectivity index (χ2v) is 6.80. The van der Waals surface area contributed by atoms with Gasteiger partial charge in [0.2, 0.25) is 0 Å². The second kappa shape index (κ2) is 7.67. The van der Waals surface area contributed by atoms with Gasteiger partial charge in [0.1, 0.15) is 0 Å². The minimum absolute atomic E-state index is 0.415. The fraction of sp³-hybridized carbons (Fsp3) is 0.368. The monoisotopic (exact) mass is 299 g/mol. The van der Waals surface area contributed by atoms with Crippen LogP contribution in [0.4, 0.5) is 0 Å². The summed E-state index contributed by atoms with van der Waals surface area (Å²) in [6.45, 7) is 6.49. The first kappa shape index (κ1) is 16.1. The Balaban J connectivity index is 1.96. The molecule has 0 aliphatic rings. The SMILES string of the molecule is CNC(CSCc1cccc(C)c1)c1cc(C)cc(C)c1. The van der Waals surface area contributed by atoms with E-state index in [-0.39, 0.29) is 0 Å². The molecule has 0 amide bonds. The van der Waals surface area contributed by atoms with Crippen LogP contribution in [0.1, 0.15) is 33.9 Å². The normalized spacial score (nSPS) is 12.4. The van der Waals surface area contributed by atoms with E-state index in [2.05, 4.69) is 75.6 Å². The molecule has 0 aliphatic carbocycles. The fourth-order valence-electron chi connectivity index (χ4n) is 2.65. The van der Waals surface area contributed by atoms with Gasteiger partial charge in [0.05, 0.1) is 0 Å². The molecule has 0 saturated heterocycles. The summed E-state index contributed by atoms with van der Waals surface area (Å²) in [5.41, 5.74) is 6.83. The van der Waals surface area contributed by atoms with Gasteiger partial charge in [-0.2, -0.15) is 11.8 Å². The zero-order valence-electron chi connectivity index (χ0n) is 13.4. The molecule has 2 aromatic rings. The molecule has 0 aromatic heterocycles. The Morgan fingerprint density at radius 1 is 0.952 bits per heavy atom. The van der Waals surface area contributed by atoms with Crippen molar-refractivity contribution >= 4 is 11.8 Å². The number of rotatable bonds is 6. The molecule has 21 heavy (non-hydrogen) atoms. The van der Waals surface area contributed by atoms with Crippen molar-refractivity contribution in [2.75, 3.05) is 12.8 Å². The minimum Gasteiger partial charge on any atom is -0.312 e. The van der Waals surface area contributed by atoms with Gasteiger partial charge in [-0.25, -0.2) is 0 Å². The van der Waals surface area contributed by atoms with Gasteiger partial charge < -0.3 is 5.32 Å². The molecule has 2 aromatic carbocycles. The maximum Gasteiger partial charge on any atom is 0.0409 e. The number of aryl methyl sites for hydroxylation is 3. The molecule has 0 spiro atoms.